The van der Waals surface area contributed by atoms with Crippen molar-refractivity contribution < 1.29 is 14.3 Å². The van der Waals surface area contributed by atoms with Crippen molar-refractivity contribution in [2.75, 3.05) is 38.2 Å². The molecule has 0 atom stereocenters. The van der Waals surface area contributed by atoms with Crippen LogP contribution in [0.25, 0.3) is 16.7 Å². The number of ether oxygens (including phenoxy) is 1. The molecule has 2 aliphatic rings. The smallest absolute Gasteiger partial charge is 0.337 e. The number of imidazole rings is 1. The minimum atomic E-state index is -0.422. The molecule has 2 fully saturated rings. The Morgan fingerprint density at radius 1 is 0.897 bits per heavy atom. The highest BCUT2D eigenvalue weighted by atomic mass is 35.5. The molecule has 1 amide bonds. The van der Waals surface area contributed by atoms with Gasteiger partial charge in [-0.05, 0) is 73.0 Å². The lowest BCUT2D eigenvalue weighted by Gasteiger charge is -2.36. The van der Waals surface area contributed by atoms with Crippen molar-refractivity contribution in [3.8, 4) is 5.69 Å². The van der Waals surface area contributed by atoms with Crippen molar-refractivity contribution in [2.45, 2.75) is 19.4 Å². The largest absolute Gasteiger partial charge is 0.465 e. The Morgan fingerprint density at radius 2 is 1.62 bits per heavy atom. The third-order valence-electron chi connectivity index (χ3n) is 7.57. The van der Waals surface area contributed by atoms with Gasteiger partial charge in [-0.2, -0.15) is 0 Å². The molecule has 3 aromatic carbocycles. The van der Waals surface area contributed by atoms with Crippen LogP contribution in [-0.4, -0.2) is 59.2 Å². The molecule has 200 valence electrons. The van der Waals surface area contributed by atoms with Crippen molar-refractivity contribution >= 4 is 40.2 Å². The number of esters is 1. The fourth-order valence-electron chi connectivity index (χ4n) is 5.32. The predicted molar refractivity (Wildman–Crippen MR) is 151 cm³/mol. The number of halogens is 1. The van der Waals surface area contributed by atoms with Crippen LogP contribution in [0.1, 0.15) is 28.8 Å². The Kier molecular flexibility index (Phi) is 6.64. The molecule has 0 unspecified atom stereocenters. The number of aromatic nitrogens is 2. The summed E-state index contributed by atoms with van der Waals surface area (Å²) in [6.45, 7) is 3.34. The quantitative estimate of drug-likeness (QED) is 0.338. The number of methoxy groups -OCH3 is 1. The first kappa shape index (κ1) is 25.2. The molecular weight excluding hydrogens is 516 g/mol. The van der Waals surface area contributed by atoms with Gasteiger partial charge in [0.1, 0.15) is 0 Å². The first-order valence-electron chi connectivity index (χ1n) is 13.1. The summed E-state index contributed by atoms with van der Waals surface area (Å²) in [5.41, 5.74) is 4.29. The molecule has 0 bridgehead atoms. The summed E-state index contributed by atoms with van der Waals surface area (Å²) in [5.74, 6) is 0.132. The number of carbonyl (C=O) groups is 2. The molecule has 0 spiro atoms. The molecule has 0 N–H and O–H groups in total. The summed E-state index contributed by atoms with van der Waals surface area (Å²) in [6.07, 6.45) is 2.06. The zero-order valence-electron chi connectivity index (χ0n) is 21.7. The predicted octanol–water partition coefficient (Wildman–Crippen LogP) is 4.34. The Balaban J connectivity index is 1.28. The maximum absolute atomic E-state index is 13.8. The molecular formula is C30H29ClN4O4. The van der Waals surface area contributed by atoms with Gasteiger partial charge in [0.15, 0.2) is 0 Å². The van der Waals surface area contributed by atoms with Crippen molar-refractivity contribution in [1.29, 1.82) is 0 Å². The summed E-state index contributed by atoms with van der Waals surface area (Å²) in [4.78, 5) is 42.4. The molecule has 8 nitrogen and oxygen atoms in total. The van der Waals surface area contributed by atoms with E-state index >= 15 is 0 Å². The average Bonchev–Trinajstić information content (AvgIpc) is 3.78. The van der Waals surface area contributed by atoms with E-state index in [0.717, 1.165) is 61.5 Å². The standard InChI is InChI=1S/C30H29ClN4O4/c1-39-29(37)22-4-2-3-20(17-22)19-34-26-12-7-23(31)18-27(26)35(30(34)38)25-10-8-24(9-11-25)32-13-15-33(16-14-32)28(36)21-5-6-21/h2-4,7-12,17-18,21H,5-6,13-16,19H2,1H3. The van der Waals surface area contributed by atoms with Crippen LogP contribution in [0.5, 0.6) is 0 Å². The highest BCUT2D eigenvalue weighted by Crippen LogP contribution is 2.32. The highest BCUT2D eigenvalue weighted by Gasteiger charge is 2.34. The summed E-state index contributed by atoms with van der Waals surface area (Å²) in [5, 5.41) is 0.538. The zero-order chi connectivity index (χ0) is 27.1. The number of anilines is 1. The number of fused-ring (bicyclic) bond motifs is 1. The van der Waals surface area contributed by atoms with Crippen molar-refractivity contribution in [3.63, 3.8) is 0 Å². The Hall–Kier alpha value is -4.04. The van der Waals surface area contributed by atoms with Gasteiger partial charge in [-0.3, -0.25) is 13.9 Å². The number of nitrogens with zero attached hydrogens (tertiary/aromatic N) is 4. The molecule has 1 saturated heterocycles. The molecule has 39 heavy (non-hydrogen) atoms. The van der Waals surface area contributed by atoms with E-state index in [-0.39, 0.29) is 18.2 Å². The summed E-state index contributed by atoms with van der Waals surface area (Å²) < 4.78 is 8.20. The Bertz CT molecular complexity index is 1610. The Labute approximate surface area is 230 Å². The van der Waals surface area contributed by atoms with E-state index in [2.05, 4.69) is 4.90 Å². The number of rotatable bonds is 6. The SMILES string of the molecule is COC(=O)c1cccc(Cn2c(=O)n(-c3ccc(N4CCN(C(=O)C5CC5)CC4)cc3)c3cc(Cl)ccc32)c1. The van der Waals surface area contributed by atoms with Gasteiger partial charge in [0.25, 0.3) is 0 Å². The normalized spacial score (nSPS) is 15.5. The van der Waals surface area contributed by atoms with E-state index in [1.807, 2.05) is 41.3 Å². The minimum absolute atomic E-state index is 0.198. The number of hydrogen-bond donors (Lipinski definition) is 0. The monoisotopic (exact) mass is 544 g/mol. The highest BCUT2D eigenvalue weighted by molar-refractivity contribution is 6.31. The van der Waals surface area contributed by atoms with Crippen molar-refractivity contribution in [2.24, 2.45) is 5.92 Å². The summed E-state index contributed by atoms with van der Waals surface area (Å²) >= 11 is 6.34. The number of carbonyl (C=O) groups excluding carboxylic acids is 2. The van der Waals surface area contributed by atoms with Crippen LogP contribution in [-0.2, 0) is 16.1 Å². The Morgan fingerprint density at radius 3 is 2.31 bits per heavy atom. The molecule has 1 aliphatic heterocycles. The molecule has 9 heteroatoms. The van der Waals surface area contributed by atoms with Crippen LogP contribution in [0, 0.1) is 5.92 Å². The van der Waals surface area contributed by atoms with Crippen LogP contribution < -0.4 is 10.6 Å². The second-order valence-corrected chi connectivity index (χ2v) is 10.6. The van der Waals surface area contributed by atoms with Gasteiger partial charge in [0, 0.05) is 42.8 Å². The minimum Gasteiger partial charge on any atom is -0.465 e. The van der Waals surface area contributed by atoms with E-state index in [1.165, 1.54) is 7.11 Å². The van der Waals surface area contributed by atoms with Gasteiger partial charge in [-0.25, -0.2) is 9.59 Å². The second-order valence-electron chi connectivity index (χ2n) is 10.1. The maximum Gasteiger partial charge on any atom is 0.337 e. The van der Waals surface area contributed by atoms with Crippen LogP contribution in [0.15, 0.2) is 71.5 Å². The van der Waals surface area contributed by atoms with Crippen molar-refractivity contribution in [3.05, 3.63) is 93.4 Å². The molecule has 4 aromatic rings. The van der Waals surface area contributed by atoms with E-state index < -0.39 is 5.97 Å². The third kappa shape index (κ3) is 4.92. The van der Waals surface area contributed by atoms with Gasteiger partial charge in [-0.1, -0.05) is 23.7 Å². The number of piperazine rings is 1. The first-order chi connectivity index (χ1) is 18.9. The zero-order valence-corrected chi connectivity index (χ0v) is 22.4. The molecule has 2 heterocycles. The van der Waals surface area contributed by atoms with Crippen molar-refractivity contribution in [1.82, 2.24) is 14.0 Å². The van der Waals surface area contributed by atoms with Gasteiger partial charge < -0.3 is 14.5 Å². The van der Waals surface area contributed by atoms with Crippen LogP contribution in [0.4, 0.5) is 5.69 Å². The van der Waals surface area contributed by atoms with E-state index in [0.29, 0.717) is 22.0 Å². The van der Waals surface area contributed by atoms with Crippen LogP contribution in [0.2, 0.25) is 5.02 Å². The second kappa shape index (κ2) is 10.3. The molecule has 0 radical (unpaired) electrons. The van der Waals surface area contributed by atoms with Gasteiger partial charge in [0.2, 0.25) is 5.91 Å². The summed E-state index contributed by atoms with van der Waals surface area (Å²) in [7, 11) is 1.35. The first-order valence-corrected chi connectivity index (χ1v) is 13.5. The molecule has 1 aromatic heterocycles. The van der Waals surface area contributed by atoms with Gasteiger partial charge in [-0.15, -0.1) is 0 Å². The fourth-order valence-corrected chi connectivity index (χ4v) is 5.48. The number of hydrogen-bond acceptors (Lipinski definition) is 5. The summed E-state index contributed by atoms with van der Waals surface area (Å²) in [6, 6.07) is 20.4. The molecule has 1 aliphatic carbocycles. The van der Waals surface area contributed by atoms with E-state index in [1.54, 1.807) is 39.5 Å². The molecule has 1 saturated carbocycles. The molecule has 6 rings (SSSR count). The number of benzene rings is 3. The lowest BCUT2D eigenvalue weighted by Crippen LogP contribution is -2.49. The van der Waals surface area contributed by atoms with E-state index in [9.17, 15) is 14.4 Å². The van der Waals surface area contributed by atoms with E-state index in [4.69, 9.17) is 16.3 Å². The van der Waals surface area contributed by atoms with Crippen LogP contribution >= 0.6 is 11.6 Å². The lowest BCUT2D eigenvalue weighted by molar-refractivity contribution is -0.132. The maximum atomic E-state index is 13.8. The number of amides is 1. The topological polar surface area (TPSA) is 76.8 Å². The van der Waals surface area contributed by atoms with Crippen LogP contribution in [0.3, 0.4) is 0 Å². The van der Waals surface area contributed by atoms with Gasteiger partial charge >= 0.3 is 11.7 Å². The lowest BCUT2D eigenvalue weighted by atomic mass is 10.1. The van der Waals surface area contributed by atoms with Gasteiger partial charge in [0.05, 0.1) is 35.9 Å². The third-order valence-corrected chi connectivity index (χ3v) is 7.81. The fraction of sp³-hybridized carbons (Fsp3) is 0.300. The average molecular weight is 545 g/mol.